The Hall–Kier alpha value is -1.92. The number of amides is 1. The van der Waals surface area contributed by atoms with Crippen LogP contribution in [-0.2, 0) is 14.3 Å². The van der Waals surface area contributed by atoms with Gasteiger partial charge < -0.3 is 20.3 Å². The van der Waals surface area contributed by atoms with Crippen LogP contribution >= 0.6 is 0 Å². The van der Waals surface area contributed by atoms with Crippen molar-refractivity contribution in [2.75, 3.05) is 13.2 Å². The number of aliphatic hydroxyl groups is 2. The van der Waals surface area contributed by atoms with Gasteiger partial charge in [0.05, 0.1) is 25.4 Å². The van der Waals surface area contributed by atoms with Gasteiger partial charge in [0.25, 0.3) is 0 Å². The molecule has 0 saturated carbocycles. The highest BCUT2D eigenvalue weighted by Crippen LogP contribution is 2.18. The van der Waals surface area contributed by atoms with Crippen LogP contribution in [0.1, 0.15) is 367 Å². The lowest BCUT2D eigenvalue weighted by molar-refractivity contribution is -0.143. The van der Waals surface area contributed by atoms with E-state index in [1.165, 1.54) is 283 Å². The van der Waals surface area contributed by atoms with Crippen LogP contribution in [0.5, 0.6) is 0 Å². The minimum atomic E-state index is -0.852. The number of esters is 1. The van der Waals surface area contributed by atoms with Crippen LogP contribution in [0.25, 0.3) is 0 Å². The highest BCUT2D eigenvalue weighted by Gasteiger charge is 2.18. The van der Waals surface area contributed by atoms with Crippen molar-refractivity contribution in [1.29, 1.82) is 0 Å². The first-order chi connectivity index (χ1) is 37.0. The summed E-state index contributed by atoms with van der Waals surface area (Å²) in [6, 6.07) is -0.636. The van der Waals surface area contributed by atoms with Gasteiger partial charge in [0.15, 0.2) is 0 Å². The fourth-order valence-corrected chi connectivity index (χ4v) is 10.5. The van der Waals surface area contributed by atoms with Gasteiger partial charge >= 0.3 is 5.97 Å². The quantitative estimate of drug-likeness (QED) is 0.0320. The van der Waals surface area contributed by atoms with E-state index in [-0.39, 0.29) is 18.5 Å². The summed E-state index contributed by atoms with van der Waals surface area (Å²) in [7, 11) is 0. The topological polar surface area (TPSA) is 95.9 Å². The molecule has 2 atom stereocenters. The Kier molecular flexibility index (Phi) is 63.0. The lowest BCUT2D eigenvalue weighted by Crippen LogP contribution is -2.45. The molecule has 75 heavy (non-hydrogen) atoms. The van der Waals surface area contributed by atoms with Gasteiger partial charge in [-0.25, -0.2) is 0 Å². The molecule has 0 aliphatic heterocycles. The minimum Gasteiger partial charge on any atom is -0.466 e. The number of unbranched alkanes of at least 4 members (excludes halogenated alkanes) is 48. The molecule has 0 aliphatic carbocycles. The Balaban J connectivity index is 3.45. The standard InChI is InChI=1S/C69H131NO5/c1-3-5-7-9-11-13-15-17-19-21-31-35-39-43-47-51-55-59-63-69(74)75-64-60-56-52-48-44-40-36-32-28-26-24-22-23-25-27-30-34-38-42-46-50-54-58-62-68(73)70-66(65-71)67(72)61-57-53-49-45-41-37-33-29-20-18-16-14-12-10-8-6-4-2/h22,24-25,27,57,61,66-67,71-72H,3-21,23,26,28-56,58-60,62-65H2,1-2H3,(H,70,73)/b24-22-,27-25-,61-57+. The fourth-order valence-electron chi connectivity index (χ4n) is 10.5. The van der Waals surface area contributed by atoms with Crippen molar-refractivity contribution in [3.63, 3.8) is 0 Å². The molecule has 2 unspecified atom stereocenters. The average Bonchev–Trinajstić information content (AvgIpc) is 3.41. The monoisotopic (exact) mass is 1050 g/mol. The molecule has 0 bridgehead atoms. The Labute approximate surface area is 468 Å². The van der Waals surface area contributed by atoms with E-state index < -0.39 is 12.1 Å². The molecule has 0 aromatic rings. The molecule has 6 heteroatoms. The molecule has 0 aromatic heterocycles. The van der Waals surface area contributed by atoms with Crippen LogP contribution in [0, 0.1) is 0 Å². The van der Waals surface area contributed by atoms with E-state index in [9.17, 15) is 19.8 Å². The number of ether oxygens (including phenoxy) is 1. The summed E-state index contributed by atoms with van der Waals surface area (Å²) in [5.41, 5.74) is 0. The van der Waals surface area contributed by atoms with Crippen LogP contribution < -0.4 is 5.32 Å². The zero-order chi connectivity index (χ0) is 54.3. The second-order valence-corrected chi connectivity index (χ2v) is 23.2. The molecule has 0 aromatic carbocycles. The summed E-state index contributed by atoms with van der Waals surface area (Å²) in [5, 5.41) is 23.2. The normalized spacial score (nSPS) is 12.7. The third kappa shape index (κ3) is 61.2. The highest BCUT2D eigenvalue weighted by molar-refractivity contribution is 5.76. The average molecular weight is 1050 g/mol. The van der Waals surface area contributed by atoms with E-state index in [1.54, 1.807) is 6.08 Å². The van der Waals surface area contributed by atoms with Crippen LogP contribution in [0.2, 0.25) is 0 Å². The number of rotatable bonds is 63. The predicted octanol–water partition coefficient (Wildman–Crippen LogP) is 21.5. The lowest BCUT2D eigenvalue weighted by Gasteiger charge is -2.20. The maximum Gasteiger partial charge on any atom is 0.305 e. The smallest absolute Gasteiger partial charge is 0.305 e. The number of hydrogen-bond acceptors (Lipinski definition) is 5. The summed E-state index contributed by atoms with van der Waals surface area (Å²) in [6.45, 7) is 4.93. The van der Waals surface area contributed by atoms with Gasteiger partial charge in [0.2, 0.25) is 5.91 Å². The first kappa shape index (κ1) is 73.1. The van der Waals surface area contributed by atoms with Gasteiger partial charge in [0, 0.05) is 12.8 Å². The summed E-state index contributed by atoms with van der Waals surface area (Å²) >= 11 is 0. The maximum atomic E-state index is 12.5. The predicted molar refractivity (Wildman–Crippen MR) is 329 cm³/mol. The number of carbonyl (C=O) groups excluding carboxylic acids is 2. The Morgan fingerprint density at radius 2 is 0.667 bits per heavy atom. The lowest BCUT2D eigenvalue weighted by atomic mass is 10.0. The second-order valence-electron chi connectivity index (χ2n) is 23.2. The Morgan fingerprint density at radius 3 is 1.01 bits per heavy atom. The van der Waals surface area contributed by atoms with Crippen molar-refractivity contribution < 1.29 is 24.5 Å². The molecule has 0 saturated heterocycles. The van der Waals surface area contributed by atoms with Gasteiger partial charge in [-0.1, -0.05) is 326 Å². The molecule has 0 aliphatic rings. The first-order valence-electron chi connectivity index (χ1n) is 33.8. The number of allylic oxidation sites excluding steroid dienone is 5. The molecular formula is C69H131NO5. The van der Waals surface area contributed by atoms with Crippen molar-refractivity contribution in [3.8, 4) is 0 Å². The molecule has 0 spiro atoms. The Bertz CT molecular complexity index is 1210. The largest absolute Gasteiger partial charge is 0.466 e. The highest BCUT2D eigenvalue weighted by atomic mass is 16.5. The van der Waals surface area contributed by atoms with Gasteiger partial charge in [-0.3, -0.25) is 9.59 Å². The van der Waals surface area contributed by atoms with Crippen LogP contribution in [0.15, 0.2) is 36.5 Å². The fraction of sp³-hybridized carbons (Fsp3) is 0.884. The number of carbonyl (C=O) groups is 2. The van der Waals surface area contributed by atoms with E-state index >= 15 is 0 Å². The zero-order valence-electron chi connectivity index (χ0n) is 50.5. The van der Waals surface area contributed by atoms with E-state index in [0.29, 0.717) is 19.4 Å². The van der Waals surface area contributed by atoms with Gasteiger partial charge in [-0.15, -0.1) is 0 Å². The van der Waals surface area contributed by atoms with E-state index in [4.69, 9.17) is 4.74 Å². The molecule has 6 nitrogen and oxygen atoms in total. The SMILES string of the molecule is CCCCCCCCCCCCCCCCC/C=C/C(O)C(CO)NC(=O)CCCCCCCCC/C=C\C/C=C\CCCCCCCCCCCOC(=O)CCCCCCCCCCCCCCCCCCCC. The summed E-state index contributed by atoms with van der Waals surface area (Å²) in [6.07, 6.45) is 82.0. The summed E-state index contributed by atoms with van der Waals surface area (Å²) in [4.78, 5) is 24.6. The molecule has 0 fully saturated rings. The third-order valence-corrected chi connectivity index (χ3v) is 15.7. The van der Waals surface area contributed by atoms with E-state index in [0.717, 1.165) is 57.8 Å². The van der Waals surface area contributed by atoms with Crippen LogP contribution in [0.4, 0.5) is 0 Å². The van der Waals surface area contributed by atoms with E-state index in [2.05, 4.69) is 43.5 Å². The number of hydrogen-bond donors (Lipinski definition) is 3. The van der Waals surface area contributed by atoms with Gasteiger partial charge in [0.1, 0.15) is 0 Å². The van der Waals surface area contributed by atoms with Crippen molar-refractivity contribution in [2.45, 2.75) is 379 Å². The zero-order valence-corrected chi connectivity index (χ0v) is 50.5. The van der Waals surface area contributed by atoms with Crippen molar-refractivity contribution in [2.24, 2.45) is 0 Å². The maximum absolute atomic E-state index is 12.5. The van der Waals surface area contributed by atoms with Gasteiger partial charge in [-0.2, -0.15) is 0 Å². The Morgan fingerprint density at radius 1 is 0.373 bits per heavy atom. The number of aliphatic hydroxyl groups excluding tert-OH is 2. The number of nitrogens with one attached hydrogen (secondary N) is 1. The molecular weight excluding hydrogens is 923 g/mol. The van der Waals surface area contributed by atoms with Crippen molar-refractivity contribution >= 4 is 11.9 Å². The molecule has 0 heterocycles. The molecule has 1 amide bonds. The minimum absolute atomic E-state index is 0.0113. The van der Waals surface area contributed by atoms with Crippen LogP contribution in [-0.4, -0.2) is 47.4 Å². The molecule has 442 valence electrons. The molecule has 3 N–H and O–H groups in total. The van der Waals surface area contributed by atoms with Crippen molar-refractivity contribution in [1.82, 2.24) is 5.32 Å². The summed E-state index contributed by atoms with van der Waals surface area (Å²) in [5.74, 6) is -0.0650. The molecule has 0 rings (SSSR count). The summed E-state index contributed by atoms with van der Waals surface area (Å²) < 4.78 is 5.50. The molecule has 0 radical (unpaired) electrons. The van der Waals surface area contributed by atoms with Crippen molar-refractivity contribution in [3.05, 3.63) is 36.5 Å². The van der Waals surface area contributed by atoms with E-state index in [1.807, 2.05) is 6.08 Å². The third-order valence-electron chi connectivity index (χ3n) is 15.7. The van der Waals surface area contributed by atoms with Crippen LogP contribution in [0.3, 0.4) is 0 Å². The second kappa shape index (κ2) is 64.6. The van der Waals surface area contributed by atoms with Gasteiger partial charge in [-0.05, 0) is 64.2 Å². The first-order valence-corrected chi connectivity index (χ1v) is 33.8.